The minimum Gasteiger partial charge on any atom is -0.486 e. The van der Waals surface area contributed by atoms with Gasteiger partial charge in [0.1, 0.15) is 29.9 Å². The number of alkyl halides is 1. The van der Waals surface area contributed by atoms with Crippen molar-refractivity contribution >= 4 is 11.7 Å². The largest absolute Gasteiger partial charge is 0.486 e. The molecule has 4 rings (SSSR count). The van der Waals surface area contributed by atoms with E-state index in [1.165, 1.54) is 0 Å². The molecule has 1 aliphatic heterocycles. The van der Waals surface area contributed by atoms with Crippen molar-refractivity contribution in [2.45, 2.75) is 39.0 Å². The molecule has 7 heteroatoms. The monoisotopic (exact) mass is 408 g/mol. The summed E-state index contributed by atoms with van der Waals surface area (Å²) in [6.07, 6.45) is 1.40. The molecule has 0 bridgehead atoms. The summed E-state index contributed by atoms with van der Waals surface area (Å²) < 4.78 is 19.9. The van der Waals surface area contributed by atoms with Crippen LogP contribution in [0.4, 0.5) is 10.2 Å². The summed E-state index contributed by atoms with van der Waals surface area (Å²) in [5, 5.41) is 15.4. The molecule has 1 saturated heterocycles. The number of piperidine rings is 1. The zero-order chi connectivity index (χ0) is 21.3. The van der Waals surface area contributed by atoms with Crippen LogP contribution in [0.2, 0.25) is 0 Å². The molecule has 1 unspecified atom stereocenters. The normalized spacial score (nSPS) is 24.5. The van der Waals surface area contributed by atoms with Crippen LogP contribution in [-0.4, -0.2) is 36.3 Å². The second-order valence-corrected chi connectivity index (χ2v) is 8.65. The Balaban J connectivity index is 1.51. The highest BCUT2D eigenvalue weighted by Gasteiger charge is 2.50. The smallest absolute Gasteiger partial charge is 0.229 e. The highest BCUT2D eigenvalue weighted by molar-refractivity contribution is 5.94. The summed E-state index contributed by atoms with van der Waals surface area (Å²) in [6, 6.07) is 11.0. The highest BCUT2D eigenvalue weighted by Crippen LogP contribution is 2.52. The molecule has 6 nitrogen and oxygen atoms in total. The number of nitriles is 1. The first kappa shape index (κ1) is 20.3. The van der Waals surface area contributed by atoms with Gasteiger partial charge in [-0.3, -0.25) is 4.79 Å². The second-order valence-electron chi connectivity index (χ2n) is 8.65. The van der Waals surface area contributed by atoms with Gasteiger partial charge in [0.05, 0.1) is 5.56 Å². The number of rotatable bonds is 5. The van der Waals surface area contributed by atoms with Gasteiger partial charge in [-0.1, -0.05) is 19.9 Å². The Bertz CT molecular complexity index is 1000. The van der Waals surface area contributed by atoms with Gasteiger partial charge in [0.15, 0.2) is 0 Å². The minimum absolute atomic E-state index is 0.0129. The molecule has 0 spiro atoms. The number of anilines is 1. The fourth-order valence-electron chi connectivity index (χ4n) is 3.80. The topological polar surface area (TPSA) is 87.0 Å². The Morgan fingerprint density at radius 3 is 2.80 bits per heavy atom. The van der Waals surface area contributed by atoms with Gasteiger partial charge >= 0.3 is 0 Å². The highest BCUT2D eigenvalue weighted by atomic mass is 19.1. The Kier molecular flexibility index (Phi) is 5.44. The molecule has 1 saturated carbocycles. The lowest BCUT2D eigenvalue weighted by atomic mass is 10.0. The van der Waals surface area contributed by atoms with Crippen LogP contribution in [0.25, 0.3) is 11.1 Å². The Hall–Kier alpha value is -2.98. The van der Waals surface area contributed by atoms with E-state index in [0.29, 0.717) is 30.1 Å². The number of aromatic nitrogens is 1. The van der Waals surface area contributed by atoms with E-state index in [-0.39, 0.29) is 23.8 Å². The standard InChI is InChI=1S/C23H25FN4O2/c1-23(2)11-17(23)22(29)28-21-10-15(5-8-27-21)14-3-4-19(16(9-14)12-25)30-20-6-7-26-13-18(20)24/h3-5,8-10,17-18,20,26H,6-7,11,13H2,1-2H3,(H,27,28,29)/t17?,18-,20+/m1/s1. The molecule has 156 valence electrons. The van der Waals surface area contributed by atoms with Gasteiger partial charge in [0, 0.05) is 18.7 Å². The van der Waals surface area contributed by atoms with Crippen LogP contribution in [-0.2, 0) is 4.79 Å². The molecule has 2 aromatic rings. The first-order chi connectivity index (χ1) is 14.4. The molecule has 2 aliphatic rings. The quantitative estimate of drug-likeness (QED) is 0.788. The molecule has 1 aliphatic carbocycles. The number of carbonyl (C=O) groups is 1. The van der Waals surface area contributed by atoms with E-state index < -0.39 is 12.3 Å². The van der Waals surface area contributed by atoms with Gasteiger partial charge in [-0.25, -0.2) is 9.37 Å². The van der Waals surface area contributed by atoms with Crippen molar-refractivity contribution in [2.24, 2.45) is 11.3 Å². The third kappa shape index (κ3) is 4.29. The first-order valence-corrected chi connectivity index (χ1v) is 10.2. The van der Waals surface area contributed by atoms with Crippen molar-refractivity contribution in [3.8, 4) is 22.9 Å². The maximum absolute atomic E-state index is 14.1. The van der Waals surface area contributed by atoms with E-state index in [1.54, 1.807) is 24.4 Å². The molecule has 3 atom stereocenters. The van der Waals surface area contributed by atoms with Gasteiger partial charge in [0.25, 0.3) is 0 Å². The molecule has 1 amide bonds. The van der Waals surface area contributed by atoms with Crippen LogP contribution in [0.1, 0.15) is 32.3 Å². The van der Waals surface area contributed by atoms with Gasteiger partial charge in [-0.05, 0) is 60.2 Å². The zero-order valence-electron chi connectivity index (χ0n) is 17.1. The van der Waals surface area contributed by atoms with Crippen molar-refractivity contribution in [1.29, 1.82) is 5.26 Å². The SMILES string of the molecule is CC1(C)CC1C(=O)Nc1cc(-c2ccc(O[C@H]3CCNC[C@H]3F)c(C#N)c2)ccn1. The predicted molar refractivity (Wildman–Crippen MR) is 112 cm³/mol. The van der Waals surface area contributed by atoms with E-state index in [2.05, 4.69) is 35.5 Å². The van der Waals surface area contributed by atoms with E-state index in [4.69, 9.17) is 4.74 Å². The fourth-order valence-corrected chi connectivity index (χ4v) is 3.80. The van der Waals surface area contributed by atoms with Gasteiger partial charge in [-0.2, -0.15) is 5.26 Å². The predicted octanol–water partition coefficient (Wildman–Crippen LogP) is 3.68. The first-order valence-electron chi connectivity index (χ1n) is 10.2. The average molecular weight is 408 g/mol. The maximum Gasteiger partial charge on any atom is 0.229 e. The van der Waals surface area contributed by atoms with Gasteiger partial charge < -0.3 is 15.4 Å². The number of hydrogen-bond donors (Lipinski definition) is 2. The van der Waals surface area contributed by atoms with Gasteiger partial charge in [0.2, 0.25) is 5.91 Å². The van der Waals surface area contributed by atoms with Crippen molar-refractivity contribution < 1.29 is 13.9 Å². The Morgan fingerprint density at radius 2 is 2.10 bits per heavy atom. The lowest BCUT2D eigenvalue weighted by Crippen LogP contribution is -2.44. The number of pyridine rings is 1. The average Bonchev–Trinajstić information content (AvgIpc) is 3.38. The molecule has 30 heavy (non-hydrogen) atoms. The Morgan fingerprint density at radius 1 is 1.33 bits per heavy atom. The maximum atomic E-state index is 14.1. The number of halogens is 1. The summed E-state index contributed by atoms with van der Waals surface area (Å²) in [5.41, 5.74) is 2.02. The summed E-state index contributed by atoms with van der Waals surface area (Å²) in [4.78, 5) is 16.6. The summed E-state index contributed by atoms with van der Waals surface area (Å²) in [7, 11) is 0. The van der Waals surface area contributed by atoms with Gasteiger partial charge in [-0.15, -0.1) is 0 Å². The number of nitrogens with one attached hydrogen (secondary N) is 2. The van der Waals surface area contributed by atoms with E-state index in [1.807, 2.05) is 12.1 Å². The van der Waals surface area contributed by atoms with Crippen LogP contribution >= 0.6 is 0 Å². The number of amides is 1. The van der Waals surface area contributed by atoms with Crippen molar-refractivity contribution in [3.05, 3.63) is 42.1 Å². The zero-order valence-corrected chi connectivity index (χ0v) is 17.1. The number of carbonyl (C=O) groups excluding carboxylic acids is 1. The van der Waals surface area contributed by atoms with Crippen LogP contribution in [0.15, 0.2) is 36.5 Å². The van der Waals surface area contributed by atoms with E-state index in [9.17, 15) is 14.4 Å². The van der Waals surface area contributed by atoms with Crippen LogP contribution in [0.5, 0.6) is 5.75 Å². The van der Waals surface area contributed by atoms with Crippen LogP contribution in [0, 0.1) is 22.7 Å². The molecule has 2 N–H and O–H groups in total. The lowest BCUT2D eigenvalue weighted by molar-refractivity contribution is -0.118. The van der Waals surface area contributed by atoms with Crippen molar-refractivity contribution in [2.75, 3.05) is 18.4 Å². The van der Waals surface area contributed by atoms with E-state index in [0.717, 1.165) is 17.5 Å². The molecule has 2 fully saturated rings. The second kappa shape index (κ2) is 8.04. The summed E-state index contributed by atoms with van der Waals surface area (Å²) in [6.45, 7) is 5.09. The molecule has 2 heterocycles. The Labute approximate surface area is 175 Å². The number of benzene rings is 1. The molecule has 1 aromatic heterocycles. The number of nitrogens with zero attached hydrogens (tertiary/aromatic N) is 2. The van der Waals surface area contributed by atoms with Crippen molar-refractivity contribution in [3.63, 3.8) is 0 Å². The fraction of sp³-hybridized carbons (Fsp3) is 0.435. The minimum atomic E-state index is -1.10. The number of ether oxygens (including phenoxy) is 1. The molecule has 0 radical (unpaired) electrons. The van der Waals surface area contributed by atoms with Crippen LogP contribution in [0.3, 0.4) is 0 Å². The molecular weight excluding hydrogens is 383 g/mol. The summed E-state index contributed by atoms with van der Waals surface area (Å²) >= 11 is 0. The molecule has 1 aromatic carbocycles. The third-order valence-electron chi connectivity index (χ3n) is 5.90. The van der Waals surface area contributed by atoms with Crippen molar-refractivity contribution in [1.82, 2.24) is 10.3 Å². The lowest BCUT2D eigenvalue weighted by Gasteiger charge is -2.27. The van der Waals surface area contributed by atoms with Crippen LogP contribution < -0.4 is 15.4 Å². The van der Waals surface area contributed by atoms with E-state index >= 15 is 0 Å². The summed E-state index contributed by atoms with van der Waals surface area (Å²) in [5.74, 6) is 0.858. The molecular formula is C23H25FN4O2. The number of hydrogen-bond acceptors (Lipinski definition) is 5. The third-order valence-corrected chi connectivity index (χ3v) is 5.90.